The SMILES string of the molecule is CCCCCCCCCCOCC(O)C[N+](C)(C)CCO.[I-]. The Balaban J connectivity index is 0. The zero-order valence-electron chi connectivity index (χ0n) is 14.9. The fourth-order valence-electron chi connectivity index (χ4n) is 2.54. The molecule has 0 aromatic heterocycles. The van der Waals surface area contributed by atoms with Crippen LogP contribution in [0.25, 0.3) is 0 Å². The summed E-state index contributed by atoms with van der Waals surface area (Å²) in [5.41, 5.74) is 0. The maximum Gasteiger partial charge on any atom is 0.126 e. The molecular weight excluding hydrogens is 393 g/mol. The Morgan fingerprint density at radius 1 is 0.955 bits per heavy atom. The van der Waals surface area contributed by atoms with Crippen LogP contribution < -0.4 is 24.0 Å². The van der Waals surface area contributed by atoms with Gasteiger partial charge in [0.15, 0.2) is 0 Å². The third-order valence-electron chi connectivity index (χ3n) is 3.86. The van der Waals surface area contributed by atoms with Gasteiger partial charge < -0.3 is 43.4 Å². The molecule has 0 fully saturated rings. The molecule has 0 aliphatic heterocycles. The van der Waals surface area contributed by atoms with Crippen molar-refractivity contribution in [1.29, 1.82) is 0 Å². The Morgan fingerprint density at radius 3 is 2.05 bits per heavy atom. The van der Waals surface area contributed by atoms with Crippen LogP contribution >= 0.6 is 0 Å². The molecule has 22 heavy (non-hydrogen) atoms. The second-order valence-electron chi connectivity index (χ2n) is 6.77. The highest BCUT2D eigenvalue weighted by atomic mass is 127. The van der Waals surface area contributed by atoms with Crippen molar-refractivity contribution >= 4 is 0 Å². The van der Waals surface area contributed by atoms with Gasteiger partial charge in [-0.1, -0.05) is 51.9 Å². The Hall–Kier alpha value is 0.570. The Morgan fingerprint density at radius 2 is 1.50 bits per heavy atom. The summed E-state index contributed by atoms with van der Waals surface area (Å²) in [5, 5.41) is 18.9. The van der Waals surface area contributed by atoms with Gasteiger partial charge in [-0.3, -0.25) is 0 Å². The van der Waals surface area contributed by atoms with E-state index in [0.29, 0.717) is 24.2 Å². The van der Waals surface area contributed by atoms with Crippen molar-refractivity contribution in [2.45, 2.75) is 64.4 Å². The number of unbranched alkanes of at least 4 members (excludes halogenated alkanes) is 7. The molecule has 2 N–H and O–H groups in total. The number of rotatable bonds is 15. The molecule has 0 amide bonds. The van der Waals surface area contributed by atoms with Crippen LogP contribution in [0.3, 0.4) is 0 Å². The number of hydrogen-bond acceptors (Lipinski definition) is 3. The minimum Gasteiger partial charge on any atom is -1.00 e. The standard InChI is InChI=1S/C17H38NO3.HI/c1-4-5-6-7-8-9-10-11-14-21-16-17(20)15-18(2,3)12-13-19;/h17,19-20H,4-16H2,1-3H3;1H/q+1;/p-1. The number of likely N-dealkylation sites (N-methyl/N-ethyl adjacent to an activating group) is 1. The molecule has 0 saturated heterocycles. The Labute approximate surface area is 154 Å². The average molecular weight is 431 g/mol. The largest absolute Gasteiger partial charge is 1.00 e. The van der Waals surface area contributed by atoms with Crippen molar-refractivity contribution in [2.24, 2.45) is 0 Å². The number of nitrogens with zero attached hydrogens (tertiary/aromatic N) is 1. The monoisotopic (exact) mass is 431 g/mol. The van der Waals surface area contributed by atoms with Crippen molar-refractivity contribution in [3.05, 3.63) is 0 Å². The molecule has 0 aromatic rings. The smallest absolute Gasteiger partial charge is 0.126 e. The Bertz CT molecular complexity index is 228. The number of ether oxygens (including phenoxy) is 1. The van der Waals surface area contributed by atoms with Crippen LogP contribution in [0, 0.1) is 0 Å². The van der Waals surface area contributed by atoms with E-state index < -0.39 is 6.10 Å². The minimum absolute atomic E-state index is 0. The van der Waals surface area contributed by atoms with Crippen LogP contribution in [0.4, 0.5) is 0 Å². The third kappa shape index (κ3) is 16.9. The van der Waals surface area contributed by atoms with Crippen LogP contribution in [-0.2, 0) is 4.74 Å². The third-order valence-corrected chi connectivity index (χ3v) is 3.86. The van der Waals surface area contributed by atoms with Gasteiger partial charge in [0.05, 0.1) is 27.3 Å². The van der Waals surface area contributed by atoms with Gasteiger partial charge in [-0.05, 0) is 6.42 Å². The quantitative estimate of drug-likeness (QED) is 0.210. The highest BCUT2D eigenvalue weighted by molar-refractivity contribution is 4.53. The number of halogens is 1. The van der Waals surface area contributed by atoms with Gasteiger partial charge >= 0.3 is 0 Å². The maximum atomic E-state index is 9.91. The molecule has 0 heterocycles. The zero-order valence-corrected chi connectivity index (χ0v) is 17.1. The highest BCUT2D eigenvalue weighted by Gasteiger charge is 2.19. The van der Waals surface area contributed by atoms with Crippen molar-refractivity contribution in [3.63, 3.8) is 0 Å². The van der Waals surface area contributed by atoms with Gasteiger partial charge in [-0.15, -0.1) is 0 Å². The van der Waals surface area contributed by atoms with Crippen LogP contribution in [-0.4, -0.2) is 67.8 Å². The van der Waals surface area contributed by atoms with E-state index in [-0.39, 0.29) is 30.6 Å². The van der Waals surface area contributed by atoms with Gasteiger partial charge in [0.1, 0.15) is 19.2 Å². The normalized spacial score (nSPS) is 13.0. The lowest BCUT2D eigenvalue weighted by Gasteiger charge is -2.31. The molecule has 0 bridgehead atoms. The zero-order chi connectivity index (χ0) is 16.0. The molecule has 0 aliphatic rings. The van der Waals surface area contributed by atoms with Gasteiger partial charge in [-0.2, -0.15) is 0 Å². The summed E-state index contributed by atoms with van der Waals surface area (Å²) >= 11 is 0. The van der Waals surface area contributed by atoms with Gasteiger partial charge in [0.2, 0.25) is 0 Å². The lowest BCUT2D eigenvalue weighted by molar-refractivity contribution is -0.893. The molecule has 136 valence electrons. The first-order valence-electron chi connectivity index (χ1n) is 8.70. The molecule has 0 saturated carbocycles. The summed E-state index contributed by atoms with van der Waals surface area (Å²) in [6.07, 6.45) is 9.94. The summed E-state index contributed by atoms with van der Waals surface area (Å²) in [6.45, 7) is 4.84. The molecule has 0 aliphatic carbocycles. The predicted octanol–water partition coefficient (Wildman–Crippen LogP) is -0.423. The number of hydrogen-bond donors (Lipinski definition) is 2. The molecule has 1 atom stereocenters. The molecule has 0 spiro atoms. The summed E-state index contributed by atoms with van der Waals surface area (Å²) in [5.74, 6) is 0. The van der Waals surface area contributed by atoms with Crippen molar-refractivity contribution in [1.82, 2.24) is 0 Å². The van der Waals surface area contributed by atoms with Crippen LogP contribution in [0.2, 0.25) is 0 Å². The Kier molecular flexibility index (Phi) is 18.5. The molecule has 0 rings (SSSR count). The van der Waals surface area contributed by atoms with E-state index in [2.05, 4.69) is 6.92 Å². The van der Waals surface area contributed by atoms with Crippen molar-refractivity contribution in [3.8, 4) is 0 Å². The molecular formula is C17H38INO3. The number of quaternary nitrogens is 1. The summed E-state index contributed by atoms with van der Waals surface area (Å²) in [4.78, 5) is 0. The first kappa shape index (κ1) is 24.8. The molecule has 1 unspecified atom stereocenters. The van der Waals surface area contributed by atoms with E-state index in [1.54, 1.807) is 0 Å². The van der Waals surface area contributed by atoms with E-state index in [4.69, 9.17) is 9.84 Å². The predicted molar refractivity (Wildman–Crippen MR) is 88.4 cm³/mol. The van der Waals surface area contributed by atoms with Crippen molar-refractivity contribution in [2.75, 3.05) is 47.0 Å². The second-order valence-corrected chi connectivity index (χ2v) is 6.77. The molecule has 0 radical (unpaired) electrons. The van der Waals surface area contributed by atoms with E-state index >= 15 is 0 Å². The van der Waals surface area contributed by atoms with E-state index in [9.17, 15) is 5.11 Å². The van der Waals surface area contributed by atoms with E-state index in [0.717, 1.165) is 13.0 Å². The molecule has 0 aromatic carbocycles. The van der Waals surface area contributed by atoms with Crippen molar-refractivity contribution < 1.29 is 43.4 Å². The molecule has 5 heteroatoms. The van der Waals surface area contributed by atoms with Crippen LogP contribution in [0.15, 0.2) is 0 Å². The lowest BCUT2D eigenvalue weighted by atomic mass is 10.1. The van der Waals surface area contributed by atoms with Gasteiger partial charge in [0.25, 0.3) is 0 Å². The van der Waals surface area contributed by atoms with E-state index in [1.165, 1.54) is 44.9 Å². The molecule has 4 nitrogen and oxygen atoms in total. The van der Waals surface area contributed by atoms with Crippen LogP contribution in [0.1, 0.15) is 58.3 Å². The first-order chi connectivity index (χ1) is 10.0. The second kappa shape index (κ2) is 16.4. The first-order valence-corrected chi connectivity index (χ1v) is 8.70. The topological polar surface area (TPSA) is 49.7 Å². The van der Waals surface area contributed by atoms with Crippen LogP contribution in [0.5, 0.6) is 0 Å². The van der Waals surface area contributed by atoms with Gasteiger partial charge in [0, 0.05) is 6.61 Å². The van der Waals surface area contributed by atoms with Gasteiger partial charge in [-0.25, -0.2) is 0 Å². The fourth-order valence-corrected chi connectivity index (χ4v) is 2.54. The highest BCUT2D eigenvalue weighted by Crippen LogP contribution is 2.08. The summed E-state index contributed by atoms with van der Waals surface area (Å²) in [7, 11) is 4.02. The lowest BCUT2D eigenvalue weighted by Crippen LogP contribution is -3.00. The average Bonchev–Trinajstić information content (AvgIpc) is 2.40. The summed E-state index contributed by atoms with van der Waals surface area (Å²) in [6, 6.07) is 0. The number of aliphatic hydroxyl groups is 2. The van der Waals surface area contributed by atoms with E-state index in [1.807, 2.05) is 14.1 Å². The summed E-state index contributed by atoms with van der Waals surface area (Å²) < 4.78 is 6.17. The maximum absolute atomic E-state index is 9.91. The minimum atomic E-state index is -0.444. The fraction of sp³-hybridized carbons (Fsp3) is 1.00. The number of aliphatic hydroxyl groups excluding tert-OH is 2.